The Kier molecular flexibility index (Phi) is 4.45. The highest BCUT2D eigenvalue weighted by molar-refractivity contribution is 7.98. The summed E-state index contributed by atoms with van der Waals surface area (Å²) in [6.07, 6.45) is 1.62. The van der Waals surface area contributed by atoms with E-state index < -0.39 is 5.97 Å². The van der Waals surface area contributed by atoms with Gasteiger partial charge in [-0.05, 0) is 42.3 Å². The number of aromatic carboxylic acids is 1. The first-order chi connectivity index (χ1) is 9.06. The van der Waals surface area contributed by atoms with Gasteiger partial charge in [-0.1, -0.05) is 17.7 Å². The Balaban J connectivity index is 2.07. The number of rotatable bonds is 4. The van der Waals surface area contributed by atoms with Crippen molar-refractivity contribution in [3.63, 3.8) is 0 Å². The fourth-order valence-electron chi connectivity index (χ4n) is 1.59. The number of carboxylic acid groups (broad SMARTS) is 1. The van der Waals surface area contributed by atoms with E-state index in [-0.39, 0.29) is 0 Å². The summed E-state index contributed by atoms with van der Waals surface area (Å²) in [6, 6.07) is 8.83. The van der Waals surface area contributed by atoms with E-state index in [1.54, 1.807) is 36.2 Å². The lowest BCUT2D eigenvalue weighted by Gasteiger charge is -2.06. The number of halogens is 1. The molecule has 0 unspecified atom stereocenters. The second-order valence-corrected chi connectivity index (χ2v) is 5.48. The first-order valence-corrected chi connectivity index (χ1v) is 7.00. The van der Waals surface area contributed by atoms with E-state index in [9.17, 15) is 4.79 Å². The molecule has 0 fully saturated rings. The Morgan fingerprint density at radius 1 is 1.37 bits per heavy atom. The van der Waals surface area contributed by atoms with Gasteiger partial charge in [-0.3, -0.25) is 0 Å². The van der Waals surface area contributed by atoms with Crippen molar-refractivity contribution in [1.29, 1.82) is 0 Å². The Hall–Kier alpha value is -1.52. The van der Waals surface area contributed by atoms with Crippen LogP contribution < -0.4 is 0 Å². The molecule has 19 heavy (non-hydrogen) atoms. The first-order valence-electron chi connectivity index (χ1n) is 5.63. The summed E-state index contributed by atoms with van der Waals surface area (Å²) in [5, 5.41) is 10.4. The SMILES string of the molecule is Cc1cc(C(=O)O)ccc1CSc1ccc(Cl)cn1. The van der Waals surface area contributed by atoms with Crippen molar-refractivity contribution in [3.05, 3.63) is 58.2 Å². The monoisotopic (exact) mass is 293 g/mol. The topological polar surface area (TPSA) is 50.2 Å². The van der Waals surface area contributed by atoms with Crippen LogP contribution in [0.25, 0.3) is 0 Å². The van der Waals surface area contributed by atoms with Crippen molar-refractivity contribution in [2.24, 2.45) is 0 Å². The lowest BCUT2D eigenvalue weighted by molar-refractivity contribution is 0.0697. The molecule has 1 aromatic heterocycles. The fraction of sp³-hybridized carbons (Fsp3) is 0.143. The maximum absolute atomic E-state index is 10.8. The van der Waals surface area contributed by atoms with E-state index in [1.807, 2.05) is 19.1 Å². The summed E-state index contributed by atoms with van der Waals surface area (Å²) in [4.78, 5) is 15.1. The van der Waals surface area contributed by atoms with Gasteiger partial charge >= 0.3 is 5.97 Å². The molecule has 0 atom stereocenters. The Morgan fingerprint density at radius 3 is 2.74 bits per heavy atom. The van der Waals surface area contributed by atoms with E-state index in [4.69, 9.17) is 16.7 Å². The molecule has 1 aromatic carbocycles. The zero-order valence-electron chi connectivity index (χ0n) is 10.3. The quantitative estimate of drug-likeness (QED) is 0.865. The molecule has 98 valence electrons. The van der Waals surface area contributed by atoms with Crippen LogP contribution in [0.5, 0.6) is 0 Å². The minimum Gasteiger partial charge on any atom is -0.478 e. The molecule has 1 heterocycles. The van der Waals surface area contributed by atoms with Crippen molar-refractivity contribution in [3.8, 4) is 0 Å². The number of nitrogens with zero attached hydrogens (tertiary/aromatic N) is 1. The fourth-order valence-corrected chi connectivity index (χ4v) is 2.62. The molecule has 0 aliphatic heterocycles. The van der Waals surface area contributed by atoms with Crippen LogP contribution in [0.1, 0.15) is 21.5 Å². The number of aryl methyl sites for hydroxylation is 1. The molecular formula is C14H12ClNO2S. The van der Waals surface area contributed by atoms with Crippen molar-refractivity contribution in [2.75, 3.05) is 0 Å². The summed E-state index contributed by atoms with van der Waals surface area (Å²) in [5.74, 6) is -0.151. The zero-order valence-corrected chi connectivity index (χ0v) is 11.8. The predicted octanol–water partition coefficient (Wildman–Crippen LogP) is 4.03. The zero-order chi connectivity index (χ0) is 13.8. The van der Waals surface area contributed by atoms with Crippen LogP contribution >= 0.6 is 23.4 Å². The minimum absolute atomic E-state index is 0.316. The molecule has 0 saturated heterocycles. The van der Waals surface area contributed by atoms with Crippen molar-refractivity contribution in [2.45, 2.75) is 17.7 Å². The highest BCUT2D eigenvalue weighted by Gasteiger charge is 2.06. The third-order valence-corrected chi connectivity index (χ3v) is 3.88. The second kappa shape index (κ2) is 6.08. The molecule has 0 spiro atoms. The lowest BCUT2D eigenvalue weighted by Crippen LogP contribution is -1.98. The van der Waals surface area contributed by atoms with Crippen LogP contribution in [0, 0.1) is 6.92 Å². The third kappa shape index (κ3) is 3.72. The van der Waals surface area contributed by atoms with Crippen molar-refractivity contribution < 1.29 is 9.90 Å². The number of thioether (sulfide) groups is 1. The Morgan fingerprint density at radius 2 is 2.16 bits per heavy atom. The Labute approximate surface area is 120 Å². The normalized spacial score (nSPS) is 10.4. The maximum Gasteiger partial charge on any atom is 0.335 e. The molecule has 3 nitrogen and oxygen atoms in total. The molecule has 1 N–H and O–H groups in total. The van der Waals surface area contributed by atoms with Crippen LogP contribution in [0.15, 0.2) is 41.6 Å². The summed E-state index contributed by atoms with van der Waals surface area (Å²) in [7, 11) is 0. The number of carboxylic acids is 1. The number of aromatic nitrogens is 1. The summed E-state index contributed by atoms with van der Waals surface area (Å²) >= 11 is 7.37. The van der Waals surface area contributed by atoms with Gasteiger partial charge in [-0.25, -0.2) is 9.78 Å². The molecule has 0 saturated carbocycles. The largest absolute Gasteiger partial charge is 0.478 e. The highest BCUT2D eigenvalue weighted by Crippen LogP contribution is 2.24. The molecular weight excluding hydrogens is 282 g/mol. The van der Waals surface area contributed by atoms with Crippen molar-refractivity contribution >= 4 is 29.3 Å². The van der Waals surface area contributed by atoms with Gasteiger partial charge in [-0.15, -0.1) is 11.8 Å². The smallest absolute Gasteiger partial charge is 0.335 e. The summed E-state index contributed by atoms with van der Waals surface area (Å²) < 4.78 is 0. The standard InChI is InChI=1S/C14H12ClNO2S/c1-9-6-10(14(17)18)2-3-11(9)8-19-13-5-4-12(15)7-16-13/h2-7H,8H2,1H3,(H,17,18). The number of pyridine rings is 1. The molecule has 5 heteroatoms. The van der Waals surface area contributed by atoms with Gasteiger partial charge in [-0.2, -0.15) is 0 Å². The number of benzene rings is 1. The van der Waals surface area contributed by atoms with Gasteiger partial charge in [0.2, 0.25) is 0 Å². The van der Waals surface area contributed by atoms with Gasteiger partial charge in [0.05, 0.1) is 15.6 Å². The number of carbonyl (C=O) groups is 1. The molecule has 2 rings (SSSR count). The summed E-state index contributed by atoms with van der Waals surface area (Å²) in [5.41, 5.74) is 2.39. The Bertz CT molecular complexity index is 599. The van der Waals surface area contributed by atoms with Gasteiger partial charge in [0.15, 0.2) is 0 Å². The van der Waals surface area contributed by atoms with Crippen LogP contribution in [-0.4, -0.2) is 16.1 Å². The van der Waals surface area contributed by atoms with Gasteiger partial charge in [0.1, 0.15) is 0 Å². The van der Waals surface area contributed by atoms with E-state index >= 15 is 0 Å². The predicted molar refractivity (Wildman–Crippen MR) is 76.9 cm³/mol. The van der Waals surface area contributed by atoms with Crippen LogP contribution in [0.3, 0.4) is 0 Å². The van der Waals surface area contributed by atoms with Gasteiger partial charge in [0.25, 0.3) is 0 Å². The van der Waals surface area contributed by atoms with Crippen molar-refractivity contribution in [1.82, 2.24) is 4.98 Å². The average Bonchev–Trinajstić information content (AvgIpc) is 2.39. The van der Waals surface area contributed by atoms with E-state index in [1.165, 1.54) is 0 Å². The highest BCUT2D eigenvalue weighted by atomic mass is 35.5. The minimum atomic E-state index is -0.901. The van der Waals surface area contributed by atoms with E-state index in [0.29, 0.717) is 10.6 Å². The van der Waals surface area contributed by atoms with E-state index in [2.05, 4.69) is 4.98 Å². The molecule has 0 bridgehead atoms. The van der Waals surface area contributed by atoms with Crippen LogP contribution in [-0.2, 0) is 5.75 Å². The average molecular weight is 294 g/mol. The second-order valence-electron chi connectivity index (χ2n) is 4.05. The number of hydrogen-bond donors (Lipinski definition) is 1. The molecule has 2 aromatic rings. The first kappa shape index (κ1) is 13.9. The molecule has 0 aliphatic rings. The molecule has 0 aliphatic carbocycles. The third-order valence-electron chi connectivity index (χ3n) is 2.67. The van der Waals surface area contributed by atoms with Gasteiger partial charge in [0, 0.05) is 11.9 Å². The lowest BCUT2D eigenvalue weighted by atomic mass is 10.1. The van der Waals surface area contributed by atoms with E-state index in [0.717, 1.165) is 21.9 Å². The molecule has 0 radical (unpaired) electrons. The van der Waals surface area contributed by atoms with Crippen LogP contribution in [0.4, 0.5) is 0 Å². The number of hydrogen-bond acceptors (Lipinski definition) is 3. The van der Waals surface area contributed by atoms with Gasteiger partial charge < -0.3 is 5.11 Å². The summed E-state index contributed by atoms with van der Waals surface area (Å²) in [6.45, 7) is 1.91. The maximum atomic E-state index is 10.8. The van der Waals surface area contributed by atoms with Crippen LogP contribution in [0.2, 0.25) is 5.02 Å². The molecule has 0 amide bonds.